The van der Waals surface area contributed by atoms with E-state index in [1.54, 1.807) is 6.07 Å². The quantitative estimate of drug-likeness (QED) is 0.841. The lowest BCUT2D eigenvalue weighted by Crippen LogP contribution is -2.25. The number of hydrogen-bond acceptors (Lipinski definition) is 3. The lowest BCUT2D eigenvalue weighted by atomic mass is 10.1. The van der Waals surface area contributed by atoms with E-state index in [0.29, 0.717) is 11.6 Å². The van der Waals surface area contributed by atoms with Crippen LogP contribution in [0.4, 0.5) is 0 Å². The summed E-state index contributed by atoms with van der Waals surface area (Å²) in [7, 11) is 0. The van der Waals surface area contributed by atoms with Gasteiger partial charge in [-0.25, -0.2) is 0 Å². The van der Waals surface area contributed by atoms with Gasteiger partial charge in [0.15, 0.2) is 5.79 Å². The van der Waals surface area contributed by atoms with Crippen molar-refractivity contribution in [3.8, 4) is 0 Å². The third-order valence-electron chi connectivity index (χ3n) is 2.50. The fraction of sp³-hybridized carbons (Fsp3) is 0.455. The van der Waals surface area contributed by atoms with Crippen LogP contribution in [-0.2, 0) is 15.3 Å². The Bertz CT molecular complexity index is 355. The molecule has 15 heavy (non-hydrogen) atoms. The van der Waals surface area contributed by atoms with Crippen molar-refractivity contribution in [1.82, 2.24) is 0 Å². The maximum Gasteiger partial charge on any atom is 0.194 e. The Balaban J connectivity index is 2.27. The van der Waals surface area contributed by atoms with Gasteiger partial charge in [0, 0.05) is 10.6 Å². The minimum absolute atomic E-state index is 0.0416. The third-order valence-corrected chi connectivity index (χ3v) is 2.83. The first-order chi connectivity index (χ1) is 7.15. The number of halogens is 1. The molecule has 0 aromatic heterocycles. The van der Waals surface area contributed by atoms with Crippen LogP contribution in [0.2, 0.25) is 5.02 Å². The Morgan fingerprint density at radius 3 is 2.87 bits per heavy atom. The van der Waals surface area contributed by atoms with E-state index < -0.39 is 5.79 Å². The molecule has 3 nitrogen and oxygen atoms in total. The summed E-state index contributed by atoms with van der Waals surface area (Å²) in [6.45, 7) is 2.15. The monoisotopic (exact) mass is 228 g/mol. The van der Waals surface area contributed by atoms with Gasteiger partial charge in [-0.05, 0) is 13.0 Å². The fourth-order valence-corrected chi connectivity index (χ4v) is 2.01. The maximum atomic E-state index is 8.98. The molecule has 0 spiro atoms. The first-order valence-electron chi connectivity index (χ1n) is 4.83. The van der Waals surface area contributed by atoms with Crippen LogP contribution in [0.5, 0.6) is 0 Å². The summed E-state index contributed by atoms with van der Waals surface area (Å²) in [5, 5.41) is 9.59. The van der Waals surface area contributed by atoms with E-state index in [0.717, 1.165) is 5.56 Å². The van der Waals surface area contributed by atoms with Crippen LogP contribution >= 0.6 is 11.6 Å². The van der Waals surface area contributed by atoms with E-state index in [-0.39, 0.29) is 12.7 Å². The number of aliphatic hydroxyl groups excluding tert-OH is 1. The highest BCUT2D eigenvalue weighted by Gasteiger charge is 2.39. The van der Waals surface area contributed by atoms with E-state index in [1.165, 1.54) is 0 Å². The third kappa shape index (κ3) is 2.01. The van der Waals surface area contributed by atoms with Crippen LogP contribution in [0, 0.1) is 0 Å². The first-order valence-corrected chi connectivity index (χ1v) is 5.21. The Morgan fingerprint density at radius 2 is 2.27 bits per heavy atom. The zero-order chi connectivity index (χ0) is 10.9. The van der Waals surface area contributed by atoms with Crippen LogP contribution in [0.3, 0.4) is 0 Å². The van der Waals surface area contributed by atoms with Gasteiger partial charge < -0.3 is 14.6 Å². The van der Waals surface area contributed by atoms with Crippen LogP contribution in [-0.4, -0.2) is 24.4 Å². The van der Waals surface area contributed by atoms with E-state index in [9.17, 15) is 0 Å². The fourth-order valence-electron chi connectivity index (χ4n) is 1.70. The molecule has 0 aliphatic carbocycles. The number of aliphatic hydroxyl groups is 1. The second-order valence-electron chi connectivity index (χ2n) is 3.66. The summed E-state index contributed by atoms with van der Waals surface area (Å²) in [6, 6.07) is 7.39. The molecule has 1 N–H and O–H groups in total. The summed E-state index contributed by atoms with van der Waals surface area (Å²) < 4.78 is 11.2. The number of ether oxygens (including phenoxy) is 2. The number of benzene rings is 1. The highest BCUT2D eigenvalue weighted by atomic mass is 35.5. The van der Waals surface area contributed by atoms with E-state index >= 15 is 0 Å². The normalized spacial score (nSPS) is 30.7. The van der Waals surface area contributed by atoms with Crippen molar-refractivity contribution in [2.45, 2.75) is 18.8 Å². The number of rotatable bonds is 2. The molecule has 1 aromatic rings. The van der Waals surface area contributed by atoms with Crippen molar-refractivity contribution in [3.63, 3.8) is 0 Å². The van der Waals surface area contributed by atoms with Gasteiger partial charge in [-0.15, -0.1) is 0 Å². The summed E-state index contributed by atoms with van der Waals surface area (Å²) in [5.41, 5.74) is 0.794. The molecule has 0 amide bonds. The predicted octanol–water partition coefficient (Wildman–Crippen LogP) is 1.92. The highest BCUT2D eigenvalue weighted by Crippen LogP contribution is 2.37. The summed E-state index contributed by atoms with van der Waals surface area (Å²) in [5.74, 6) is -0.842. The smallest absolute Gasteiger partial charge is 0.194 e. The van der Waals surface area contributed by atoms with Gasteiger partial charge in [0.2, 0.25) is 0 Å². The van der Waals surface area contributed by atoms with Crippen molar-refractivity contribution in [1.29, 1.82) is 0 Å². The van der Waals surface area contributed by atoms with E-state index in [1.807, 2.05) is 25.1 Å². The minimum atomic E-state index is -0.842. The zero-order valence-corrected chi connectivity index (χ0v) is 9.20. The van der Waals surface area contributed by atoms with Crippen molar-refractivity contribution >= 4 is 11.6 Å². The SMILES string of the molecule is CC1(c2ccccc2Cl)OCC(CO)O1. The van der Waals surface area contributed by atoms with Crippen LogP contribution in [0.1, 0.15) is 12.5 Å². The topological polar surface area (TPSA) is 38.7 Å². The molecule has 1 heterocycles. The zero-order valence-electron chi connectivity index (χ0n) is 8.44. The predicted molar refractivity (Wildman–Crippen MR) is 56.7 cm³/mol. The Labute approximate surface area is 93.6 Å². The molecule has 4 heteroatoms. The second-order valence-corrected chi connectivity index (χ2v) is 4.07. The molecule has 1 saturated heterocycles. The van der Waals surface area contributed by atoms with Gasteiger partial charge in [0.1, 0.15) is 6.10 Å². The second kappa shape index (κ2) is 4.10. The van der Waals surface area contributed by atoms with Gasteiger partial charge in [-0.3, -0.25) is 0 Å². The molecule has 1 aliphatic rings. The molecule has 2 unspecified atom stereocenters. The van der Waals surface area contributed by atoms with Gasteiger partial charge >= 0.3 is 0 Å². The van der Waals surface area contributed by atoms with Gasteiger partial charge in [0.25, 0.3) is 0 Å². The Kier molecular flexibility index (Phi) is 2.98. The van der Waals surface area contributed by atoms with Gasteiger partial charge in [0.05, 0.1) is 13.2 Å². The summed E-state index contributed by atoms with van der Waals surface area (Å²) in [4.78, 5) is 0. The average Bonchev–Trinajstić information content (AvgIpc) is 2.62. The van der Waals surface area contributed by atoms with Gasteiger partial charge in [-0.1, -0.05) is 29.8 Å². The van der Waals surface area contributed by atoms with Crippen molar-refractivity contribution in [2.24, 2.45) is 0 Å². The van der Waals surface area contributed by atoms with Crippen molar-refractivity contribution in [3.05, 3.63) is 34.9 Å². The lowest BCUT2D eigenvalue weighted by molar-refractivity contribution is -0.165. The number of hydrogen-bond donors (Lipinski definition) is 1. The molecule has 0 bridgehead atoms. The molecule has 1 fully saturated rings. The van der Waals surface area contributed by atoms with E-state index in [4.69, 9.17) is 26.2 Å². The molecule has 2 atom stereocenters. The summed E-state index contributed by atoms with van der Waals surface area (Å²) in [6.07, 6.45) is -0.272. The largest absolute Gasteiger partial charge is 0.394 e. The minimum Gasteiger partial charge on any atom is -0.394 e. The van der Waals surface area contributed by atoms with Crippen LogP contribution in [0.25, 0.3) is 0 Å². The molecule has 0 saturated carbocycles. The molecule has 82 valence electrons. The molecule has 2 rings (SSSR count). The van der Waals surface area contributed by atoms with Crippen molar-refractivity contribution < 1.29 is 14.6 Å². The van der Waals surface area contributed by atoms with Crippen LogP contribution < -0.4 is 0 Å². The van der Waals surface area contributed by atoms with E-state index in [2.05, 4.69) is 0 Å². The molecule has 1 aliphatic heterocycles. The van der Waals surface area contributed by atoms with Gasteiger partial charge in [-0.2, -0.15) is 0 Å². The molecule has 1 aromatic carbocycles. The van der Waals surface area contributed by atoms with Crippen LogP contribution in [0.15, 0.2) is 24.3 Å². The summed E-state index contributed by atoms with van der Waals surface area (Å²) >= 11 is 6.06. The Hall–Kier alpha value is -0.610. The lowest BCUT2D eigenvalue weighted by Gasteiger charge is -2.24. The molecular formula is C11H13ClO3. The first kappa shape index (κ1) is 10.9. The molecular weight excluding hydrogens is 216 g/mol. The van der Waals surface area contributed by atoms with Crippen molar-refractivity contribution in [2.75, 3.05) is 13.2 Å². The molecule has 0 radical (unpaired) electrons. The average molecular weight is 229 g/mol. The highest BCUT2D eigenvalue weighted by molar-refractivity contribution is 6.31. The maximum absolute atomic E-state index is 8.98. The standard InChI is InChI=1S/C11H13ClO3/c1-11(14-7-8(6-13)15-11)9-4-2-3-5-10(9)12/h2-5,8,13H,6-7H2,1H3. The Morgan fingerprint density at radius 1 is 1.53 bits per heavy atom.